The van der Waals surface area contributed by atoms with Crippen LogP contribution in [0.4, 0.5) is 0 Å². The summed E-state index contributed by atoms with van der Waals surface area (Å²) in [5, 5.41) is 1.52. The van der Waals surface area contributed by atoms with Gasteiger partial charge in [0.1, 0.15) is 0 Å². The van der Waals surface area contributed by atoms with Crippen LogP contribution in [0.2, 0.25) is 0 Å². The standard InChI is InChI=1S/C22H35P/c1-3-16-15-20(23)22(18-13-9-6-10-14-18)19(4-2)21(16)17-11-7-5-8-12-17/h15,17-18H,3-14,23H2,1-2H3. The van der Waals surface area contributed by atoms with Gasteiger partial charge in [0.2, 0.25) is 0 Å². The monoisotopic (exact) mass is 330 g/mol. The van der Waals surface area contributed by atoms with E-state index in [0.29, 0.717) is 0 Å². The summed E-state index contributed by atoms with van der Waals surface area (Å²) in [6, 6.07) is 2.54. The zero-order valence-corrected chi connectivity index (χ0v) is 16.4. The summed E-state index contributed by atoms with van der Waals surface area (Å²) in [5.41, 5.74) is 6.95. The molecule has 1 atom stereocenters. The second-order valence-electron chi connectivity index (χ2n) is 7.81. The van der Waals surface area contributed by atoms with Gasteiger partial charge in [-0.05, 0) is 77.9 Å². The molecule has 0 N–H and O–H groups in total. The largest absolute Gasteiger partial charge is 0.105 e. The maximum absolute atomic E-state index is 3.10. The van der Waals surface area contributed by atoms with Crippen LogP contribution in [0, 0.1) is 0 Å². The van der Waals surface area contributed by atoms with E-state index in [4.69, 9.17) is 0 Å². The lowest BCUT2D eigenvalue weighted by Gasteiger charge is -2.32. The van der Waals surface area contributed by atoms with E-state index in [-0.39, 0.29) is 0 Å². The molecule has 1 aromatic rings. The number of hydrogen-bond acceptors (Lipinski definition) is 0. The van der Waals surface area contributed by atoms with Gasteiger partial charge in [-0.1, -0.05) is 58.4 Å². The predicted molar refractivity (Wildman–Crippen MR) is 106 cm³/mol. The Kier molecular flexibility index (Phi) is 6.19. The van der Waals surface area contributed by atoms with Crippen LogP contribution in [-0.4, -0.2) is 0 Å². The van der Waals surface area contributed by atoms with Gasteiger partial charge >= 0.3 is 0 Å². The van der Waals surface area contributed by atoms with Crippen LogP contribution in [0.5, 0.6) is 0 Å². The number of rotatable bonds is 4. The minimum Gasteiger partial charge on any atom is -0.105 e. The maximum atomic E-state index is 3.10. The summed E-state index contributed by atoms with van der Waals surface area (Å²) in [6.45, 7) is 4.75. The van der Waals surface area contributed by atoms with Crippen molar-refractivity contribution in [2.75, 3.05) is 0 Å². The molecule has 23 heavy (non-hydrogen) atoms. The fraction of sp³-hybridized carbons (Fsp3) is 0.727. The Hall–Kier alpha value is -0.350. The van der Waals surface area contributed by atoms with Crippen molar-refractivity contribution >= 4 is 14.5 Å². The summed E-state index contributed by atoms with van der Waals surface area (Å²) in [4.78, 5) is 0. The Morgan fingerprint density at radius 2 is 1.30 bits per heavy atom. The number of hydrogen-bond donors (Lipinski definition) is 0. The van der Waals surface area contributed by atoms with Crippen molar-refractivity contribution in [1.82, 2.24) is 0 Å². The van der Waals surface area contributed by atoms with Gasteiger partial charge in [-0.2, -0.15) is 0 Å². The third-order valence-corrected chi connectivity index (χ3v) is 6.88. The Morgan fingerprint density at radius 1 is 0.783 bits per heavy atom. The van der Waals surface area contributed by atoms with Gasteiger partial charge in [0, 0.05) is 0 Å². The van der Waals surface area contributed by atoms with E-state index in [1.807, 2.05) is 0 Å². The van der Waals surface area contributed by atoms with Crippen molar-refractivity contribution in [2.24, 2.45) is 0 Å². The maximum Gasteiger partial charge on any atom is -0.0153 e. The van der Waals surface area contributed by atoms with Gasteiger partial charge in [0.15, 0.2) is 0 Å². The Bertz CT molecular complexity index is 519. The highest BCUT2D eigenvalue weighted by Gasteiger charge is 2.27. The minimum atomic E-state index is 0.833. The SMILES string of the molecule is CCc1cc(P)c(C2CCCCC2)c(CC)c1C1CCCCC1. The molecule has 3 rings (SSSR count). The molecule has 0 radical (unpaired) electrons. The van der Waals surface area contributed by atoms with E-state index < -0.39 is 0 Å². The molecule has 0 amide bonds. The quantitative estimate of drug-likeness (QED) is 0.560. The molecule has 1 unspecified atom stereocenters. The van der Waals surface area contributed by atoms with Crippen LogP contribution in [0.25, 0.3) is 0 Å². The molecule has 128 valence electrons. The van der Waals surface area contributed by atoms with Crippen LogP contribution in [0.3, 0.4) is 0 Å². The molecule has 0 spiro atoms. The first-order valence-corrected chi connectivity index (χ1v) is 10.8. The highest BCUT2D eigenvalue weighted by molar-refractivity contribution is 7.27. The third kappa shape index (κ3) is 3.68. The fourth-order valence-electron chi connectivity index (χ4n) is 5.30. The lowest BCUT2D eigenvalue weighted by atomic mass is 9.74. The molecule has 1 aromatic carbocycles. The average Bonchev–Trinajstić information content (AvgIpc) is 2.62. The second-order valence-corrected chi connectivity index (χ2v) is 8.43. The molecule has 2 aliphatic carbocycles. The molecule has 0 nitrogen and oxygen atoms in total. The van der Waals surface area contributed by atoms with E-state index in [9.17, 15) is 0 Å². The predicted octanol–water partition coefficient (Wildman–Crippen LogP) is 6.41. The van der Waals surface area contributed by atoms with E-state index in [2.05, 4.69) is 29.2 Å². The summed E-state index contributed by atoms with van der Waals surface area (Å²) in [5.74, 6) is 1.68. The first-order valence-electron chi connectivity index (χ1n) is 10.2. The molecular formula is C22H35P. The number of aryl methyl sites for hydroxylation is 1. The Balaban J connectivity index is 2.07. The minimum absolute atomic E-state index is 0.833. The van der Waals surface area contributed by atoms with E-state index in [1.54, 1.807) is 22.3 Å². The highest BCUT2D eigenvalue weighted by atomic mass is 31.0. The zero-order valence-electron chi connectivity index (χ0n) is 15.3. The van der Waals surface area contributed by atoms with E-state index in [0.717, 1.165) is 11.8 Å². The Labute approximate surface area is 146 Å². The molecule has 0 aromatic heterocycles. The van der Waals surface area contributed by atoms with E-state index >= 15 is 0 Å². The second kappa shape index (κ2) is 8.15. The van der Waals surface area contributed by atoms with Crippen molar-refractivity contribution in [3.8, 4) is 0 Å². The molecule has 2 saturated carbocycles. The van der Waals surface area contributed by atoms with Crippen LogP contribution < -0.4 is 5.30 Å². The normalized spacial score (nSPS) is 20.8. The van der Waals surface area contributed by atoms with Gasteiger partial charge in [-0.25, -0.2) is 0 Å². The first kappa shape index (κ1) is 17.5. The number of benzene rings is 1. The van der Waals surface area contributed by atoms with Crippen LogP contribution in [0.15, 0.2) is 6.07 Å². The van der Waals surface area contributed by atoms with Gasteiger partial charge in [-0.3, -0.25) is 0 Å². The molecule has 1 heteroatoms. The first-order chi connectivity index (χ1) is 11.3. The average molecular weight is 330 g/mol. The smallest absolute Gasteiger partial charge is 0.0153 e. The topological polar surface area (TPSA) is 0 Å². The molecule has 0 bridgehead atoms. The molecule has 0 aliphatic heterocycles. The van der Waals surface area contributed by atoms with Crippen LogP contribution in [-0.2, 0) is 12.8 Å². The van der Waals surface area contributed by atoms with Gasteiger partial charge < -0.3 is 0 Å². The third-order valence-electron chi connectivity index (χ3n) is 6.40. The van der Waals surface area contributed by atoms with Gasteiger partial charge in [0.05, 0.1) is 0 Å². The summed E-state index contributed by atoms with van der Waals surface area (Å²) in [6.07, 6.45) is 16.8. The van der Waals surface area contributed by atoms with Crippen LogP contribution >= 0.6 is 9.24 Å². The molecule has 0 heterocycles. The molecule has 2 aliphatic rings. The van der Waals surface area contributed by atoms with Crippen molar-refractivity contribution in [3.05, 3.63) is 28.3 Å². The summed E-state index contributed by atoms with van der Waals surface area (Å²) in [7, 11) is 3.10. The lowest BCUT2D eigenvalue weighted by molar-refractivity contribution is 0.431. The summed E-state index contributed by atoms with van der Waals surface area (Å²) < 4.78 is 0. The van der Waals surface area contributed by atoms with Crippen molar-refractivity contribution in [1.29, 1.82) is 0 Å². The molecular weight excluding hydrogens is 295 g/mol. The molecule has 0 saturated heterocycles. The fourth-order valence-corrected chi connectivity index (χ4v) is 5.91. The van der Waals surface area contributed by atoms with Crippen LogP contribution in [0.1, 0.15) is 112 Å². The van der Waals surface area contributed by atoms with Crippen molar-refractivity contribution in [2.45, 2.75) is 103 Å². The highest BCUT2D eigenvalue weighted by Crippen LogP contribution is 2.42. The van der Waals surface area contributed by atoms with Crippen molar-refractivity contribution in [3.63, 3.8) is 0 Å². The van der Waals surface area contributed by atoms with Gasteiger partial charge in [-0.15, -0.1) is 9.24 Å². The van der Waals surface area contributed by atoms with E-state index in [1.165, 1.54) is 82.4 Å². The van der Waals surface area contributed by atoms with Gasteiger partial charge in [0.25, 0.3) is 0 Å². The lowest BCUT2D eigenvalue weighted by Crippen LogP contribution is -2.20. The summed E-state index contributed by atoms with van der Waals surface area (Å²) >= 11 is 0. The zero-order chi connectivity index (χ0) is 16.2. The molecule has 2 fully saturated rings. The Morgan fingerprint density at radius 3 is 1.78 bits per heavy atom. The van der Waals surface area contributed by atoms with Crippen molar-refractivity contribution < 1.29 is 0 Å².